The molecule has 1 unspecified atom stereocenters. The Bertz CT molecular complexity index is 947. The zero-order chi connectivity index (χ0) is 20.5. The number of fused-ring (bicyclic) bond motifs is 1. The number of ether oxygens (including phenoxy) is 2. The SMILES string of the molecule is COc1cc2cc(CC(C)(C(=O)O)c3ccc(C(C)C)cc3)sc2cc1OC. The Morgan fingerprint density at radius 3 is 2.21 bits per heavy atom. The van der Waals surface area contributed by atoms with Crippen molar-refractivity contribution in [3.63, 3.8) is 0 Å². The van der Waals surface area contributed by atoms with Gasteiger partial charge >= 0.3 is 5.97 Å². The summed E-state index contributed by atoms with van der Waals surface area (Å²) in [7, 11) is 3.22. The highest BCUT2D eigenvalue weighted by molar-refractivity contribution is 7.19. The van der Waals surface area contributed by atoms with Crippen LogP contribution in [-0.2, 0) is 16.6 Å². The topological polar surface area (TPSA) is 55.8 Å². The van der Waals surface area contributed by atoms with E-state index in [0.717, 1.165) is 20.5 Å². The van der Waals surface area contributed by atoms with Crippen molar-refractivity contribution in [3.8, 4) is 11.5 Å². The van der Waals surface area contributed by atoms with Gasteiger partial charge in [-0.2, -0.15) is 0 Å². The lowest BCUT2D eigenvalue weighted by atomic mass is 9.78. The van der Waals surface area contributed by atoms with Gasteiger partial charge in [-0.15, -0.1) is 11.3 Å². The zero-order valence-corrected chi connectivity index (χ0v) is 17.7. The predicted molar refractivity (Wildman–Crippen MR) is 114 cm³/mol. The van der Waals surface area contributed by atoms with E-state index in [1.165, 1.54) is 5.56 Å². The number of rotatable bonds is 7. The van der Waals surface area contributed by atoms with E-state index in [9.17, 15) is 9.90 Å². The van der Waals surface area contributed by atoms with E-state index >= 15 is 0 Å². The second kappa shape index (κ2) is 7.84. The molecule has 3 aromatic rings. The fourth-order valence-electron chi connectivity index (χ4n) is 3.39. The normalized spacial score (nSPS) is 13.5. The monoisotopic (exact) mass is 398 g/mol. The minimum Gasteiger partial charge on any atom is -0.493 e. The molecule has 1 N–H and O–H groups in total. The summed E-state index contributed by atoms with van der Waals surface area (Å²) in [6, 6.07) is 13.9. The molecule has 4 nitrogen and oxygen atoms in total. The maximum atomic E-state index is 12.2. The first-order valence-electron chi connectivity index (χ1n) is 9.26. The van der Waals surface area contributed by atoms with Gasteiger partial charge in [0, 0.05) is 22.1 Å². The summed E-state index contributed by atoms with van der Waals surface area (Å²) in [4.78, 5) is 13.2. The molecule has 1 aromatic heterocycles. The maximum Gasteiger partial charge on any atom is 0.314 e. The first kappa shape index (κ1) is 20.2. The van der Waals surface area contributed by atoms with Crippen LogP contribution in [0, 0.1) is 0 Å². The second-order valence-corrected chi connectivity index (χ2v) is 8.72. The summed E-state index contributed by atoms with van der Waals surface area (Å²) in [5.74, 6) is 0.938. The van der Waals surface area contributed by atoms with Gasteiger partial charge < -0.3 is 14.6 Å². The van der Waals surface area contributed by atoms with Crippen molar-refractivity contribution in [3.05, 3.63) is 58.5 Å². The van der Waals surface area contributed by atoms with Crippen LogP contribution in [0.15, 0.2) is 42.5 Å². The van der Waals surface area contributed by atoms with Crippen LogP contribution in [0.3, 0.4) is 0 Å². The van der Waals surface area contributed by atoms with Crippen LogP contribution in [0.1, 0.15) is 42.7 Å². The standard InChI is InChI=1S/C23H26O4S/c1-14(2)15-6-8-17(9-7-15)23(3,22(24)25)13-18-10-16-11-19(26-4)20(27-5)12-21(16)28-18/h6-12,14H,13H2,1-5H3,(H,24,25). The second-order valence-electron chi connectivity index (χ2n) is 7.55. The quantitative estimate of drug-likeness (QED) is 0.561. The van der Waals surface area contributed by atoms with Crippen molar-refractivity contribution in [2.24, 2.45) is 0 Å². The first-order valence-corrected chi connectivity index (χ1v) is 10.1. The number of benzene rings is 2. The van der Waals surface area contributed by atoms with Crippen molar-refractivity contribution in [1.29, 1.82) is 0 Å². The van der Waals surface area contributed by atoms with Crippen LogP contribution in [0.2, 0.25) is 0 Å². The number of hydrogen-bond donors (Lipinski definition) is 1. The van der Waals surface area contributed by atoms with E-state index in [4.69, 9.17) is 9.47 Å². The van der Waals surface area contributed by atoms with Crippen LogP contribution in [0.5, 0.6) is 11.5 Å². The Kier molecular flexibility index (Phi) is 5.66. The zero-order valence-electron chi connectivity index (χ0n) is 16.9. The molecule has 148 valence electrons. The van der Waals surface area contributed by atoms with Crippen molar-refractivity contribution < 1.29 is 19.4 Å². The molecular weight excluding hydrogens is 372 g/mol. The molecule has 0 spiro atoms. The largest absolute Gasteiger partial charge is 0.493 e. The van der Waals surface area contributed by atoms with Gasteiger partial charge in [-0.3, -0.25) is 4.79 Å². The van der Waals surface area contributed by atoms with E-state index in [-0.39, 0.29) is 0 Å². The molecule has 0 radical (unpaired) electrons. The van der Waals surface area contributed by atoms with Crippen molar-refractivity contribution in [1.82, 2.24) is 0 Å². The molecule has 28 heavy (non-hydrogen) atoms. The van der Waals surface area contributed by atoms with Gasteiger partial charge in [-0.25, -0.2) is 0 Å². The molecule has 1 atom stereocenters. The minimum atomic E-state index is -0.995. The Labute approximate surface area is 169 Å². The van der Waals surface area contributed by atoms with Crippen LogP contribution in [-0.4, -0.2) is 25.3 Å². The number of carbonyl (C=O) groups is 1. The number of carboxylic acids is 1. The molecule has 2 aromatic carbocycles. The fourth-order valence-corrected chi connectivity index (χ4v) is 4.62. The van der Waals surface area contributed by atoms with Crippen LogP contribution < -0.4 is 9.47 Å². The highest BCUT2D eigenvalue weighted by Crippen LogP contribution is 2.39. The molecule has 0 saturated heterocycles. The summed E-state index contributed by atoms with van der Waals surface area (Å²) in [5.41, 5.74) is 1.03. The highest BCUT2D eigenvalue weighted by atomic mass is 32.1. The lowest BCUT2D eigenvalue weighted by molar-refractivity contribution is -0.143. The van der Waals surface area contributed by atoms with Crippen molar-refractivity contribution >= 4 is 27.4 Å². The molecule has 5 heteroatoms. The molecule has 3 rings (SSSR count). The van der Waals surface area contributed by atoms with E-state index in [2.05, 4.69) is 13.8 Å². The molecule has 1 heterocycles. The van der Waals surface area contributed by atoms with Crippen molar-refractivity contribution in [2.45, 2.75) is 38.5 Å². The summed E-state index contributed by atoms with van der Waals surface area (Å²) in [6.07, 6.45) is 0.424. The summed E-state index contributed by atoms with van der Waals surface area (Å²) < 4.78 is 11.8. The van der Waals surface area contributed by atoms with Gasteiger partial charge in [-0.1, -0.05) is 38.1 Å². The number of thiophene rings is 1. The summed E-state index contributed by atoms with van der Waals surface area (Å²) >= 11 is 1.59. The van der Waals surface area contributed by atoms with Gasteiger partial charge in [-0.05, 0) is 41.5 Å². The van der Waals surface area contributed by atoms with E-state index in [1.54, 1.807) is 32.5 Å². The summed E-state index contributed by atoms with van der Waals surface area (Å²) in [6.45, 7) is 6.06. The van der Waals surface area contributed by atoms with Crippen molar-refractivity contribution in [2.75, 3.05) is 14.2 Å². The molecule has 0 aliphatic heterocycles. The average molecular weight is 399 g/mol. The molecule has 0 saturated carbocycles. The predicted octanol–water partition coefficient (Wildman–Crippen LogP) is 5.63. The molecule has 0 bridgehead atoms. The number of carboxylic acid groups (broad SMARTS) is 1. The smallest absolute Gasteiger partial charge is 0.314 e. The van der Waals surface area contributed by atoms with Crippen LogP contribution >= 0.6 is 11.3 Å². The Morgan fingerprint density at radius 1 is 1.07 bits per heavy atom. The van der Waals surface area contributed by atoms with Crippen LogP contribution in [0.4, 0.5) is 0 Å². The molecule has 0 fully saturated rings. The third-order valence-corrected chi connectivity index (χ3v) is 6.39. The van der Waals surface area contributed by atoms with Gasteiger partial charge in [0.1, 0.15) is 0 Å². The maximum absolute atomic E-state index is 12.2. The third-order valence-electron chi connectivity index (χ3n) is 5.29. The van der Waals surface area contributed by atoms with Crippen LogP contribution in [0.25, 0.3) is 10.1 Å². The number of aliphatic carboxylic acids is 1. The molecule has 0 aliphatic rings. The fraction of sp³-hybridized carbons (Fsp3) is 0.348. The van der Waals surface area contributed by atoms with Gasteiger partial charge in [0.05, 0.1) is 19.6 Å². The Morgan fingerprint density at radius 2 is 1.68 bits per heavy atom. The lowest BCUT2D eigenvalue weighted by Gasteiger charge is -2.25. The highest BCUT2D eigenvalue weighted by Gasteiger charge is 2.36. The van der Waals surface area contributed by atoms with E-state index in [1.807, 2.05) is 42.5 Å². The lowest BCUT2D eigenvalue weighted by Crippen LogP contribution is -2.34. The van der Waals surface area contributed by atoms with E-state index in [0.29, 0.717) is 23.8 Å². The Hall–Kier alpha value is -2.53. The van der Waals surface area contributed by atoms with Gasteiger partial charge in [0.2, 0.25) is 0 Å². The Balaban J connectivity index is 1.99. The summed E-state index contributed by atoms with van der Waals surface area (Å²) in [5, 5.41) is 11.1. The van der Waals surface area contributed by atoms with E-state index < -0.39 is 11.4 Å². The number of hydrogen-bond acceptors (Lipinski definition) is 4. The van der Waals surface area contributed by atoms with Gasteiger partial charge in [0.25, 0.3) is 0 Å². The number of methoxy groups -OCH3 is 2. The van der Waals surface area contributed by atoms with Gasteiger partial charge in [0.15, 0.2) is 11.5 Å². The third kappa shape index (κ3) is 3.72. The average Bonchev–Trinajstić information content (AvgIpc) is 3.07. The molecule has 0 aliphatic carbocycles. The molecule has 0 amide bonds. The molecular formula is C23H26O4S. The minimum absolute atomic E-state index is 0.415. The first-order chi connectivity index (χ1) is 13.3.